The standard InChI is InChI=1S/C16H15ClF3N5O2/c17-12-8-13(14(25(26)27)7-11(12)16(18,19)20)23-10-3-1-6-24(9-10)15-21-4-2-5-22-15/h2,4-5,7-8,10,23H,1,3,6,9H2/t10-/m0/s1. The highest BCUT2D eigenvalue weighted by Gasteiger charge is 2.36. The Balaban J connectivity index is 1.84. The largest absolute Gasteiger partial charge is 0.418 e. The maximum atomic E-state index is 13.0. The van der Waals surface area contributed by atoms with Crippen molar-refractivity contribution in [3.63, 3.8) is 0 Å². The van der Waals surface area contributed by atoms with Gasteiger partial charge in [0, 0.05) is 37.6 Å². The third kappa shape index (κ3) is 4.38. The number of anilines is 2. The molecule has 1 aromatic heterocycles. The fourth-order valence-electron chi connectivity index (χ4n) is 3.00. The molecule has 2 aromatic rings. The number of nitrogens with one attached hydrogen (secondary N) is 1. The third-order valence-electron chi connectivity index (χ3n) is 4.20. The Labute approximate surface area is 157 Å². The van der Waals surface area contributed by atoms with Crippen molar-refractivity contribution >= 4 is 28.9 Å². The molecule has 7 nitrogen and oxygen atoms in total. The molecule has 1 atom stereocenters. The van der Waals surface area contributed by atoms with E-state index in [4.69, 9.17) is 11.6 Å². The normalized spacial score (nSPS) is 17.6. The highest BCUT2D eigenvalue weighted by atomic mass is 35.5. The molecule has 1 aromatic carbocycles. The highest BCUT2D eigenvalue weighted by Crippen LogP contribution is 2.40. The number of aromatic nitrogens is 2. The lowest BCUT2D eigenvalue weighted by Crippen LogP contribution is -2.43. The van der Waals surface area contributed by atoms with Gasteiger partial charge in [-0.15, -0.1) is 0 Å². The topological polar surface area (TPSA) is 84.2 Å². The van der Waals surface area contributed by atoms with Gasteiger partial charge in [-0.05, 0) is 25.0 Å². The van der Waals surface area contributed by atoms with Crippen LogP contribution in [0.5, 0.6) is 0 Å². The van der Waals surface area contributed by atoms with E-state index < -0.39 is 27.4 Å². The summed E-state index contributed by atoms with van der Waals surface area (Å²) in [6, 6.07) is 2.89. The number of hydrogen-bond donors (Lipinski definition) is 1. The third-order valence-corrected chi connectivity index (χ3v) is 4.52. The van der Waals surface area contributed by atoms with Gasteiger partial charge in [0.1, 0.15) is 5.69 Å². The van der Waals surface area contributed by atoms with Crippen molar-refractivity contribution in [3.05, 3.63) is 51.3 Å². The second-order valence-electron chi connectivity index (χ2n) is 6.08. The van der Waals surface area contributed by atoms with Gasteiger partial charge in [-0.25, -0.2) is 9.97 Å². The van der Waals surface area contributed by atoms with E-state index in [-0.39, 0.29) is 11.7 Å². The summed E-state index contributed by atoms with van der Waals surface area (Å²) < 4.78 is 38.9. The quantitative estimate of drug-likeness (QED) is 0.612. The Kier molecular flexibility index (Phi) is 5.36. The van der Waals surface area contributed by atoms with Crippen molar-refractivity contribution in [3.8, 4) is 0 Å². The lowest BCUT2D eigenvalue weighted by molar-refractivity contribution is -0.384. The van der Waals surface area contributed by atoms with Crippen molar-refractivity contribution in [1.29, 1.82) is 0 Å². The van der Waals surface area contributed by atoms with Crippen LogP contribution in [0.2, 0.25) is 5.02 Å². The van der Waals surface area contributed by atoms with Gasteiger partial charge in [0.05, 0.1) is 15.5 Å². The molecule has 0 radical (unpaired) electrons. The van der Waals surface area contributed by atoms with E-state index in [2.05, 4.69) is 15.3 Å². The molecule has 27 heavy (non-hydrogen) atoms. The zero-order chi connectivity index (χ0) is 19.6. The Morgan fingerprint density at radius 2 is 2.00 bits per heavy atom. The van der Waals surface area contributed by atoms with E-state index in [1.54, 1.807) is 18.5 Å². The Morgan fingerprint density at radius 3 is 2.63 bits per heavy atom. The maximum absolute atomic E-state index is 13.0. The molecule has 2 heterocycles. The first-order chi connectivity index (χ1) is 12.8. The van der Waals surface area contributed by atoms with Crippen LogP contribution in [-0.4, -0.2) is 34.0 Å². The molecule has 1 aliphatic heterocycles. The van der Waals surface area contributed by atoms with Gasteiger partial charge in [0.15, 0.2) is 0 Å². The minimum Gasteiger partial charge on any atom is -0.375 e. The summed E-state index contributed by atoms with van der Waals surface area (Å²) in [5.74, 6) is 0.531. The first-order valence-corrected chi connectivity index (χ1v) is 8.47. The minimum absolute atomic E-state index is 0.0427. The van der Waals surface area contributed by atoms with E-state index in [0.717, 1.165) is 19.0 Å². The van der Waals surface area contributed by atoms with Gasteiger partial charge in [0.2, 0.25) is 5.95 Å². The predicted octanol–water partition coefficient (Wildman–Crippen LogP) is 4.14. The molecule has 3 rings (SSSR count). The second kappa shape index (κ2) is 7.55. The van der Waals surface area contributed by atoms with E-state index in [9.17, 15) is 23.3 Å². The van der Waals surface area contributed by atoms with Gasteiger partial charge in [-0.3, -0.25) is 10.1 Å². The number of rotatable bonds is 4. The van der Waals surface area contributed by atoms with Crippen molar-refractivity contribution in [1.82, 2.24) is 9.97 Å². The highest BCUT2D eigenvalue weighted by molar-refractivity contribution is 6.31. The Hall–Kier alpha value is -2.62. The average molecular weight is 402 g/mol. The molecule has 0 amide bonds. The molecule has 0 saturated carbocycles. The van der Waals surface area contributed by atoms with Gasteiger partial charge >= 0.3 is 6.18 Å². The number of alkyl halides is 3. The molecule has 1 N–H and O–H groups in total. The number of nitro groups is 1. The molecule has 1 saturated heterocycles. The predicted molar refractivity (Wildman–Crippen MR) is 94.0 cm³/mol. The van der Waals surface area contributed by atoms with Gasteiger partial charge < -0.3 is 10.2 Å². The summed E-state index contributed by atoms with van der Waals surface area (Å²) >= 11 is 5.72. The number of hydrogen-bond acceptors (Lipinski definition) is 6. The van der Waals surface area contributed by atoms with Gasteiger partial charge in [-0.1, -0.05) is 11.6 Å². The van der Waals surface area contributed by atoms with Crippen LogP contribution in [0.4, 0.5) is 30.5 Å². The summed E-state index contributed by atoms with van der Waals surface area (Å²) in [6.07, 6.45) is -0.0798. The molecule has 0 unspecified atom stereocenters. The SMILES string of the molecule is O=[N+]([O-])c1cc(C(F)(F)F)c(Cl)cc1N[C@H]1CCCN(c2ncccn2)C1. The van der Waals surface area contributed by atoms with E-state index in [1.807, 2.05) is 4.90 Å². The number of piperidine rings is 1. The van der Waals surface area contributed by atoms with E-state index in [1.165, 1.54) is 0 Å². The summed E-state index contributed by atoms with van der Waals surface area (Å²) in [5, 5.41) is 13.6. The molecule has 144 valence electrons. The Morgan fingerprint density at radius 1 is 1.30 bits per heavy atom. The van der Waals surface area contributed by atoms with Crippen LogP contribution < -0.4 is 10.2 Å². The zero-order valence-corrected chi connectivity index (χ0v) is 14.7. The second-order valence-corrected chi connectivity index (χ2v) is 6.49. The van der Waals surface area contributed by atoms with Crippen LogP contribution in [0.1, 0.15) is 18.4 Å². The van der Waals surface area contributed by atoms with Crippen LogP contribution >= 0.6 is 11.6 Å². The maximum Gasteiger partial charge on any atom is 0.418 e. The molecule has 1 aliphatic rings. The van der Waals surface area contributed by atoms with Crippen molar-refractivity contribution in [2.24, 2.45) is 0 Å². The summed E-state index contributed by atoms with van der Waals surface area (Å²) in [5.41, 5.74) is -1.94. The van der Waals surface area contributed by atoms with E-state index >= 15 is 0 Å². The van der Waals surface area contributed by atoms with Gasteiger partial charge in [0.25, 0.3) is 5.69 Å². The Bertz CT molecular complexity index is 835. The van der Waals surface area contributed by atoms with Crippen molar-refractivity contribution in [2.75, 3.05) is 23.3 Å². The zero-order valence-electron chi connectivity index (χ0n) is 13.9. The van der Waals surface area contributed by atoms with Crippen molar-refractivity contribution in [2.45, 2.75) is 25.1 Å². The molecule has 11 heteroatoms. The van der Waals surface area contributed by atoms with Crippen LogP contribution in [0.15, 0.2) is 30.6 Å². The monoisotopic (exact) mass is 401 g/mol. The first kappa shape index (κ1) is 19.2. The lowest BCUT2D eigenvalue weighted by Gasteiger charge is -2.33. The lowest BCUT2D eigenvalue weighted by atomic mass is 10.0. The summed E-state index contributed by atoms with van der Waals surface area (Å²) in [4.78, 5) is 20.7. The summed E-state index contributed by atoms with van der Waals surface area (Å²) in [6.45, 7) is 1.18. The smallest absolute Gasteiger partial charge is 0.375 e. The van der Waals surface area contributed by atoms with Crippen molar-refractivity contribution < 1.29 is 18.1 Å². The molecule has 0 spiro atoms. The minimum atomic E-state index is -4.77. The molecule has 1 fully saturated rings. The van der Waals surface area contributed by atoms with Crippen LogP contribution in [0.3, 0.4) is 0 Å². The number of halogens is 4. The molecular formula is C16H15ClF3N5O2. The van der Waals surface area contributed by atoms with E-state index in [0.29, 0.717) is 25.0 Å². The summed E-state index contributed by atoms with van der Waals surface area (Å²) in [7, 11) is 0. The fraction of sp³-hybridized carbons (Fsp3) is 0.375. The fourth-order valence-corrected chi connectivity index (χ4v) is 3.27. The number of nitrogens with zero attached hydrogens (tertiary/aromatic N) is 4. The number of nitro benzene ring substituents is 1. The van der Waals surface area contributed by atoms with Crippen LogP contribution in [0.25, 0.3) is 0 Å². The molecule has 0 aliphatic carbocycles. The van der Waals surface area contributed by atoms with Crippen LogP contribution in [-0.2, 0) is 6.18 Å². The van der Waals surface area contributed by atoms with Gasteiger partial charge in [-0.2, -0.15) is 13.2 Å². The average Bonchev–Trinajstić information content (AvgIpc) is 2.61. The first-order valence-electron chi connectivity index (χ1n) is 8.09. The number of benzene rings is 1. The van der Waals surface area contributed by atoms with Crippen LogP contribution in [0, 0.1) is 10.1 Å². The molecular weight excluding hydrogens is 387 g/mol. The molecule has 0 bridgehead atoms.